The van der Waals surface area contributed by atoms with Crippen LogP contribution in [0, 0.1) is 0 Å². The fourth-order valence-electron chi connectivity index (χ4n) is 2.15. The number of carbonyl (C=O) groups is 1. The van der Waals surface area contributed by atoms with E-state index in [0.717, 1.165) is 17.8 Å². The summed E-state index contributed by atoms with van der Waals surface area (Å²) in [5.74, 6) is 0.0593. The number of amides is 1. The molecule has 2 aromatic carbocycles. The highest BCUT2D eigenvalue weighted by Crippen LogP contribution is 2.30. The van der Waals surface area contributed by atoms with E-state index < -0.39 is 17.6 Å². The second-order valence-corrected chi connectivity index (χ2v) is 6.04. The van der Waals surface area contributed by atoms with Crippen molar-refractivity contribution in [3.8, 4) is 5.75 Å². The molecule has 26 heavy (non-hydrogen) atoms. The summed E-state index contributed by atoms with van der Waals surface area (Å²) in [6.07, 6.45) is -4.46. The summed E-state index contributed by atoms with van der Waals surface area (Å²) in [5.41, 5.74) is 2.08. The fraction of sp³-hybridized carbons (Fsp3) is 0.111. The molecule has 0 saturated carbocycles. The third kappa shape index (κ3) is 4.60. The third-order valence-electron chi connectivity index (χ3n) is 3.43. The molecule has 0 aliphatic heterocycles. The Bertz CT molecular complexity index is 878. The summed E-state index contributed by atoms with van der Waals surface area (Å²) in [7, 11) is 0. The highest BCUT2D eigenvalue weighted by molar-refractivity contribution is 7.07. The van der Waals surface area contributed by atoms with Gasteiger partial charge in [-0.1, -0.05) is 6.07 Å². The second kappa shape index (κ2) is 7.57. The molecule has 3 aromatic rings. The Morgan fingerprint density at radius 1 is 1.15 bits per heavy atom. The number of halogens is 3. The van der Waals surface area contributed by atoms with Crippen LogP contribution in [0.1, 0.15) is 21.6 Å². The number of hydrogen-bond donors (Lipinski definition) is 1. The van der Waals surface area contributed by atoms with Gasteiger partial charge in [0.15, 0.2) is 0 Å². The van der Waals surface area contributed by atoms with Gasteiger partial charge in [-0.3, -0.25) is 4.79 Å². The number of thiazole rings is 1. The van der Waals surface area contributed by atoms with Crippen molar-refractivity contribution in [2.45, 2.75) is 12.8 Å². The van der Waals surface area contributed by atoms with Crippen LogP contribution in [-0.4, -0.2) is 10.9 Å². The topological polar surface area (TPSA) is 51.2 Å². The number of rotatable bonds is 5. The van der Waals surface area contributed by atoms with Crippen LogP contribution >= 0.6 is 11.3 Å². The van der Waals surface area contributed by atoms with E-state index >= 15 is 0 Å². The highest BCUT2D eigenvalue weighted by atomic mass is 32.1. The summed E-state index contributed by atoms with van der Waals surface area (Å²) in [5, 5.41) is 4.33. The lowest BCUT2D eigenvalue weighted by atomic mass is 10.1. The molecule has 3 rings (SSSR count). The quantitative estimate of drug-likeness (QED) is 0.680. The van der Waals surface area contributed by atoms with Gasteiger partial charge in [0.05, 0.1) is 16.8 Å². The van der Waals surface area contributed by atoms with Crippen molar-refractivity contribution >= 4 is 22.9 Å². The Labute approximate surface area is 151 Å². The zero-order chi connectivity index (χ0) is 18.6. The lowest BCUT2D eigenvalue weighted by Gasteiger charge is -2.10. The number of benzene rings is 2. The van der Waals surface area contributed by atoms with E-state index in [9.17, 15) is 18.0 Å². The molecule has 1 aromatic heterocycles. The normalized spacial score (nSPS) is 11.2. The molecule has 0 saturated heterocycles. The Morgan fingerprint density at radius 2 is 1.92 bits per heavy atom. The molecular weight excluding hydrogens is 365 g/mol. The molecule has 134 valence electrons. The molecule has 0 radical (unpaired) electrons. The second-order valence-electron chi connectivity index (χ2n) is 5.33. The van der Waals surface area contributed by atoms with Gasteiger partial charge < -0.3 is 10.1 Å². The minimum atomic E-state index is -4.46. The molecule has 1 N–H and O–H groups in total. The van der Waals surface area contributed by atoms with E-state index in [1.54, 1.807) is 29.8 Å². The van der Waals surface area contributed by atoms with Gasteiger partial charge in [0.1, 0.15) is 12.4 Å². The number of ether oxygens (including phenoxy) is 1. The number of nitrogens with zero attached hydrogens (tertiary/aromatic N) is 1. The molecule has 1 amide bonds. The summed E-state index contributed by atoms with van der Waals surface area (Å²) in [6.45, 7) is 0.319. The van der Waals surface area contributed by atoms with E-state index in [1.807, 2.05) is 5.38 Å². The van der Waals surface area contributed by atoms with Gasteiger partial charge in [-0.05, 0) is 42.5 Å². The van der Waals surface area contributed by atoms with Crippen molar-refractivity contribution in [2.24, 2.45) is 0 Å². The average molecular weight is 378 g/mol. The third-order valence-corrected chi connectivity index (χ3v) is 4.07. The lowest BCUT2D eigenvalue weighted by molar-refractivity contribution is -0.137. The van der Waals surface area contributed by atoms with Crippen molar-refractivity contribution in [3.63, 3.8) is 0 Å². The van der Waals surface area contributed by atoms with Crippen molar-refractivity contribution < 1.29 is 22.7 Å². The summed E-state index contributed by atoms with van der Waals surface area (Å²) in [6, 6.07) is 10.8. The van der Waals surface area contributed by atoms with Gasteiger partial charge in [-0.25, -0.2) is 4.98 Å². The summed E-state index contributed by atoms with van der Waals surface area (Å²) in [4.78, 5) is 16.3. The molecule has 0 aliphatic carbocycles. The highest BCUT2D eigenvalue weighted by Gasteiger charge is 2.30. The van der Waals surface area contributed by atoms with Gasteiger partial charge in [0.25, 0.3) is 5.91 Å². The standard InChI is InChI=1S/C18H13F3N2O2S/c19-18(20,21)13-2-1-3-14(8-13)23-17(24)12-4-6-16(7-5-12)25-9-15-10-26-11-22-15/h1-8,10-11H,9H2,(H,23,24). The number of alkyl halides is 3. The first kappa shape index (κ1) is 17.9. The SMILES string of the molecule is O=C(Nc1cccc(C(F)(F)F)c1)c1ccc(OCc2cscn2)cc1. The van der Waals surface area contributed by atoms with Gasteiger partial charge in [0.2, 0.25) is 0 Å². The van der Waals surface area contributed by atoms with Crippen molar-refractivity contribution in [3.05, 3.63) is 76.2 Å². The van der Waals surface area contributed by atoms with E-state index in [-0.39, 0.29) is 5.69 Å². The number of nitrogens with one attached hydrogen (secondary N) is 1. The number of carbonyl (C=O) groups excluding carboxylic acids is 1. The Morgan fingerprint density at radius 3 is 2.58 bits per heavy atom. The maximum Gasteiger partial charge on any atom is 0.416 e. The number of anilines is 1. The predicted octanol–water partition coefficient (Wildman–Crippen LogP) is 4.99. The zero-order valence-electron chi connectivity index (χ0n) is 13.3. The van der Waals surface area contributed by atoms with Crippen LogP contribution in [0.2, 0.25) is 0 Å². The number of hydrogen-bond acceptors (Lipinski definition) is 4. The van der Waals surface area contributed by atoms with Gasteiger partial charge >= 0.3 is 6.18 Å². The molecule has 0 atom stereocenters. The summed E-state index contributed by atoms with van der Waals surface area (Å²) < 4.78 is 43.7. The molecule has 0 aliphatic rings. The van der Waals surface area contributed by atoms with Crippen LogP contribution in [0.15, 0.2) is 59.4 Å². The minimum Gasteiger partial charge on any atom is -0.487 e. The molecule has 1 heterocycles. The van der Waals surface area contributed by atoms with Crippen LogP contribution in [0.5, 0.6) is 5.75 Å². The molecular formula is C18H13F3N2O2S. The average Bonchev–Trinajstić information content (AvgIpc) is 3.13. The van der Waals surface area contributed by atoms with E-state index in [0.29, 0.717) is 17.9 Å². The van der Waals surface area contributed by atoms with Gasteiger partial charge in [-0.15, -0.1) is 11.3 Å². The molecule has 8 heteroatoms. The predicted molar refractivity (Wildman–Crippen MR) is 92.3 cm³/mol. The van der Waals surface area contributed by atoms with Crippen LogP contribution < -0.4 is 10.1 Å². The van der Waals surface area contributed by atoms with Crippen molar-refractivity contribution in [1.29, 1.82) is 0 Å². The monoisotopic (exact) mass is 378 g/mol. The lowest BCUT2D eigenvalue weighted by Crippen LogP contribution is -2.13. The largest absolute Gasteiger partial charge is 0.487 e. The molecule has 0 fully saturated rings. The first-order valence-electron chi connectivity index (χ1n) is 7.50. The van der Waals surface area contributed by atoms with Crippen molar-refractivity contribution in [1.82, 2.24) is 4.98 Å². The fourth-order valence-corrected chi connectivity index (χ4v) is 2.69. The van der Waals surface area contributed by atoms with E-state index in [4.69, 9.17) is 4.74 Å². The first-order valence-corrected chi connectivity index (χ1v) is 8.44. The molecule has 4 nitrogen and oxygen atoms in total. The van der Waals surface area contributed by atoms with E-state index in [1.165, 1.54) is 23.5 Å². The molecule has 0 spiro atoms. The summed E-state index contributed by atoms with van der Waals surface area (Å²) >= 11 is 1.47. The molecule has 0 bridgehead atoms. The Kier molecular flexibility index (Phi) is 5.22. The van der Waals surface area contributed by atoms with Crippen LogP contribution in [0.4, 0.5) is 18.9 Å². The van der Waals surface area contributed by atoms with E-state index in [2.05, 4.69) is 10.3 Å². The van der Waals surface area contributed by atoms with Crippen LogP contribution in [0.3, 0.4) is 0 Å². The number of aromatic nitrogens is 1. The van der Waals surface area contributed by atoms with Crippen LogP contribution in [0.25, 0.3) is 0 Å². The maximum absolute atomic E-state index is 12.7. The maximum atomic E-state index is 12.7. The molecule has 0 unspecified atom stereocenters. The smallest absolute Gasteiger partial charge is 0.416 e. The Hall–Kier alpha value is -2.87. The Balaban J connectivity index is 1.63. The first-order chi connectivity index (χ1) is 12.4. The minimum absolute atomic E-state index is 0.0775. The van der Waals surface area contributed by atoms with Gasteiger partial charge in [-0.2, -0.15) is 13.2 Å². The van der Waals surface area contributed by atoms with Gasteiger partial charge in [0, 0.05) is 16.6 Å². The van der Waals surface area contributed by atoms with Crippen LogP contribution in [-0.2, 0) is 12.8 Å². The van der Waals surface area contributed by atoms with Crippen molar-refractivity contribution in [2.75, 3.05) is 5.32 Å². The zero-order valence-corrected chi connectivity index (χ0v) is 14.1.